The Hall–Kier alpha value is -4.05. The van der Waals surface area contributed by atoms with Gasteiger partial charge in [0.1, 0.15) is 6.61 Å². The second-order valence-electron chi connectivity index (χ2n) is 10.6. The third kappa shape index (κ3) is 7.38. The number of nitrogens with zero attached hydrogens (tertiary/aromatic N) is 3. The van der Waals surface area contributed by atoms with E-state index < -0.39 is 6.16 Å². The van der Waals surface area contributed by atoms with Gasteiger partial charge in [0, 0.05) is 37.9 Å². The molecule has 1 saturated carbocycles. The van der Waals surface area contributed by atoms with Crippen LogP contribution < -0.4 is 20.7 Å². The highest BCUT2D eigenvalue weighted by atomic mass is 16.6. The van der Waals surface area contributed by atoms with Crippen LogP contribution in [-0.2, 0) is 33.0 Å². The van der Waals surface area contributed by atoms with E-state index in [9.17, 15) is 9.59 Å². The van der Waals surface area contributed by atoms with E-state index in [1.807, 2.05) is 12.1 Å². The van der Waals surface area contributed by atoms with Crippen molar-refractivity contribution < 1.29 is 24.5 Å². The Kier molecular flexibility index (Phi) is 9.88. The van der Waals surface area contributed by atoms with Crippen molar-refractivity contribution in [1.29, 1.82) is 0 Å². The molecule has 0 radical (unpaired) electrons. The predicted octanol–water partition coefficient (Wildman–Crippen LogP) is 4.46. The van der Waals surface area contributed by atoms with Crippen LogP contribution in [-0.4, -0.2) is 50.2 Å². The van der Waals surface area contributed by atoms with Gasteiger partial charge in [-0.05, 0) is 73.4 Å². The van der Waals surface area contributed by atoms with Crippen molar-refractivity contribution in [1.82, 2.24) is 14.0 Å². The summed E-state index contributed by atoms with van der Waals surface area (Å²) in [7, 11) is 3.26. The maximum absolute atomic E-state index is 12.2. The van der Waals surface area contributed by atoms with Crippen LogP contribution in [0, 0.1) is 0 Å². The molecule has 2 N–H and O–H groups in total. The molecule has 1 aromatic heterocycles. The minimum absolute atomic E-state index is 0.172. The minimum Gasteiger partial charge on any atom is -0.493 e. The van der Waals surface area contributed by atoms with Crippen molar-refractivity contribution in [2.45, 2.75) is 70.6 Å². The maximum Gasteiger partial charge on any atom is 0.503 e. The van der Waals surface area contributed by atoms with E-state index >= 15 is 0 Å². The van der Waals surface area contributed by atoms with Crippen molar-refractivity contribution in [2.24, 2.45) is 7.05 Å². The summed E-state index contributed by atoms with van der Waals surface area (Å²) in [6.07, 6.45) is 7.10. The SMILES string of the molecule is COc1cc(CN(C2CCC2)[C@H](C)c2ccc3c(c2)CCC3)ccc1OCCn1c(=O)ccn(C)c1=O.O=C(O)O. The first-order valence-electron chi connectivity index (χ1n) is 14.0. The normalized spacial score (nSPS) is 14.9. The molecule has 10 nitrogen and oxygen atoms in total. The number of carboxylic acid groups (broad SMARTS) is 2. The number of aryl methyl sites for hydroxylation is 3. The second-order valence-corrected chi connectivity index (χ2v) is 10.6. The van der Waals surface area contributed by atoms with Crippen molar-refractivity contribution in [2.75, 3.05) is 13.7 Å². The van der Waals surface area contributed by atoms with Crippen molar-refractivity contribution in [3.05, 3.63) is 91.8 Å². The lowest BCUT2D eigenvalue weighted by molar-refractivity contribution is 0.0783. The summed E-state index contributed by atoms with van der Waals surface area (Å²) in [5.74, 6) is 1.26. The van der Waals surface area contributed by atoms with E-state index in [-0.39, 0.29) is 24.4 Å². The summed E-state index contributed by atoms with van der Waals surface area (Å²) in [5.41, 5.74) is 4.94. The molecule has 1 atom stereocenters. The molecule has 0 bridgehead atoms. The van der Waals surface area contributed by atoms with E-state index in [4.69, 9.17) is 24.5 Å². The van der Waals surface area contributed by atoms with E-state index in [2.05, 4.69) is 36.1 Å². The number of benzene rings is 2. The highest BCUT2D eigenvalue weighted by molar-refractivity contribution is 5.53. The van der Waals surface area contributed by atoms with Crippen molar-refractivity contribution in [3.63, 3.8) is 0 Å². The minimum atomic E-state index is -1.83. The van der Waals surface area contributed by atoms with Crippen LogP contribution in [0.1, 0.15) is 60.9 Å². The van der Waals surface area contributed by atoms with Crippen LogP contribution in [0.2, 0.25) is 0 Å². The molecule has 1 fully saturated rings. The van der Waals surface area contributed by atoms with Gasteiger partial charge in [-0.3, -0.25) is 14.3 Å². The summed E-state index contributed by atoms with van der Waals surface area (Å²) in [4.78, 5) is 35.5. The molecular formula is C31H39N3O7. The summed E-state index contributed by atoms with van der Waals surface area (Å²) < 4.78 is 14.2. The highest BCUT2D eigenvalue weighted by Crippen LogP contribution is 2.36. The fraction of sp³-hybridized carbons (Fsp3) is 0.452. The lowest BCUT2D eigenvalue weighted by atomic mass is 9.88. The molecule has 2 aromatic carbocycles. The van der Waals surface area contributed by atoms with Crippen LogP contribution >= 0.6 is 0 Å². The monoisotopic (exact) mass is 565 g/mol. The van der Waals surface area contributed by atoms with Gasteiger partial charge >= 0.3 is 11.8 Å². The van der Waals surface area contributed by atoms with Crippen LogP contribution in [0.5, 0.6) is 11.5 Å². The van der Waals surface area contributed by atoms with Gasteiger partial charge in [-0.2, -0.15) is 0 Å². The summed E-state index contributed by atoms with van der Waals surface area (Å²) in [5, 5.41) is 13.9. The lowest BCUT2D eigenvalue weighted by Crippen LogP contribution is -2.41. The summed E-state index contributed by atoms with van der Waals surface area (Å²) >= 11 is 0. The number of methoxy groups -OCH3 is 1. The Labute approximate surface area is 239 Å². The first kappa shape index (κ1) is 29.9. The first-order chi connectivity index (χ1) is 19.7. The molecule has 0 aliphatic heterocycles. The van der Waals surface area contributed by atoms with Crippen molar-refractivity contribution >= 4 is 6.16 Å². The second kappa shape index (κ2) is 13.5. The van der Waals surface area contributed by atoms with Gasteiger partial charge in [0.2, 0.25) is 0 Å². The summed E-state index contributed by atoms with van der Waals surface area (Å²) in [6.45, 7) is 3.54. The Morgan fingerprint density at radius 1 is 1.02 bits per heavy atom. The molecule has 10 heteroatoms. The molecule has 41 heavy (non-hydrogen) atoms. The number of carbonyl (C=O) groups is 1. The van der Waals surface area contributed by atoms with Crippen LogP contribution in [0.15, 0.2) is 58.3 Å². The first-order valence-corrected chi connectivity index (χ1v) is 14.0. The largest absolute Gasteiger partial charge is 0.503 e. The Balaban J connectivity index is 0.000000909. The van der Waals surface area contributed by atoms with Gasteiger partial charge in [0.05, 0.1) is 13.7 Å². The number of fused-ring (bicyclic) bond motifs is 1. The molecule has 0 saturated heterocycles. The van der Waals surface area contributed by atoms with Gasteiger partial charge in [0.25, 0.3) is 5.56 Å². The van der Waals surface area contributed by atoms with Gasteiger partial charge in [-0.1, -0.05) is 30.7 Å². The summed E-state index contributed by atoms with van der Waals surface area (Å²) in [6, 6.07) is 15.5. The van der Waals surface area contributed by atoms with Gasteiger partial charge in [0.15, 0.2) is 11.5 Å². The molecule has 2 aliphatic carbocycles. The third-order valence-electron chi connectivity index (χ3n) is 8.05. The Morgan fingerprint density at radius 3 is 2.44 bits per heavy atom. The molecule has 0 amide bonds. The smallest absolute Gasteiger partial charge is 0.493 e. The molecule has 3 aromatic rings. The topological polar surface area (TPSA) is 123 Å². The molecule has 220 valence electrons. The number of rotatable bonds is 10. The zero-order valence-electron chi connectivity index (χ0n) is 23.9. The number of ether oxygens (including phenoxy) is 2. The Bertz CT molecular complexity index is 1470. The van der Waals surface area contributed by atoms with Crippen LogP contribution in [0.3, 0.4) is 0 Å². The van der Waals surface area contributed by atoms with Crippen LogP contribution in [0.25, 0.3) is 0 Å². The molecule has 5 rings (SSSR count). The van der Waals surface area contributed by atoms with Crippen LogP contribution in [0.4, 0.5) is 4.79 Å². The average Bonchev–Trinajstić information content (AvgIpc) is 3.39. The standard InChI is InChI=1S/C30H37N3O4.CH2O3/c1-21(24-12-11-23-6-4-7-25(23)19-24)33(26-8-5-9-26)20-22-10-13-27(28(18-22)36-3)37-17-16-32-29(34)14-15-31(2)30(32)35;2-1(3)4/h10-15,18-19,21,26H,4-9,16-17,20H2,1-3H3;(H2,2,3,4)/t21-;/m1./s1. The van der Waals surface area contributed by atoms with Gasteiger partial charge in [-0.25, -0.2) is 9.59 Å². The molecule has 0 unspecified atom stereocenters. The average molecular weight is 566 g/mol. The third-order valence-corrected chi connectivity index (χ3v) is 8.05. The fourth-order valence-corrected chi connectivity index (χ4v) is 5.55. The van der Waals surface area contributed by atoms with Crippen molar-refractivity contribution in [3.8, 4) is 11.5 Å². The quantitative estimate of drug-likeness (QED) is 0.369. The molecule has 0 spiro atoms. The number of aromatic nitrogens is 2. The van der Waals surface area contributed by atoms with E-state index in [0.29, 0.717) is 23.6 Å². The van der Waals surface area contributed by atoms with E-state index in [1.54, 1.807) is 14.2 Å². The molecule has 1 heterocycles. The fourth-order valence-electron chi connectivity index (χ4n) is 5.55. The predicted molar refractivity (Wildman–Crippen MR) is 155 cm³/mol. The molecule has 2 aliphatic rings. The lowest BCUT2D eigenvalue weighted by Gasteiger charge is -2.42. The zero-order valence-corrected chi connectivity index (χ0v) is 23.9. The Morgan fingerprint density at radius 2 is 1.76 bits per heavy atom. The van der Waals surface area contributed by atoms with E-state index in [0.717, 1.165) is 6.54 Å². The molecular weight excluding hydrogens is 526 g/mol. The van der Waals surface area contributed by atoms with E-state index in [1.165, 1.54) is 82.2 Å². The number of hydrogen-bond donors (Lipinski definition) is 2. The van der Waals surface area contributed by atoms with Gasteiger partial charge in [-0.15, -0.1) is 0 Å². The number of hydrogen-bond acceptors (Lipinski definition) is 6. The van der Waals surface area contributed by atoms with Gasteiger partial charge < -0.3 is 24.3 Å². The maximum atomic E-state index is 12.2. The zero-order chi connectivity index (χ0) is 29.5. The highest BCUT2D eigenvalue weighted by Gasteiger charge is 2.30.